The number of para-hydroxylation sites is 1. The second-order valence-electron chi connectivity index (χ2n) is 4.93. The van der Waals surface area contributed by atoms with Gasteiger partial charge in [-0.05, 0) is 24.5 Å². The molecule has 1 atom stereocenters. The van der Waals surface area contributed by atoms with Crippen LogP contribution in [0.4, 0.5) is 5.69 Å². The first-order valence-corrected chi connectivity index (χ1v) is 8.08. The first kappa shape index (κ1) is 14.5. The molecular formula is C13H16N2O4S. The number of hydrogen-bond acceptors (Lipinski definition) is 4. The molecule has 2 rings (SSSR count). The Morgan fingerprint density at radius 2 is 2.00 bits per heavy atom. The third-order valence-corrected chi connectivity index (χ3v) is 5.10. The van der Waals surface area contributed by atoms with E-state index >= 15 is 0 Å². The topological polar surface area (TPSA) is 106 Å². The van der Waals surface area contributed by atoms with Crippen LogP contribution in [0.25, 0.3) is 0 Å². The number of nitrogens with two attached hydrogens (primary N) is 1. The van der Waals surface area contributed by atoms with Crippen LogP contribution in [0.1, 0.15) is 23.2 Å². The van der Waals surface area contributed by atoms with Crippen molar-refractivity contribution in [3.63, 3.8) is 0 Å². The van der Waals surface area contributed by atoms with Crippen LogP contribution >= 0.6 is 0 Å². The molecule has 0 radical (unpaired) electrons. The highest BCUT2D eigenvalue weighted by Gasteiger charge is 2.29. The average Bonchev–Trinajstić information content (AvgIpc) is 2.68. The third kappa shape index (κ3) is 3.57. The SMILES string of the molecule is NC(=O)c1ccccc1NC(=O)C[C@H]1CCS(=O)(=O)C1. The first-order chi connectivity index (χ1) is 9.37. The van der Waals surface area contributed by atoms with Crippen LogP contribution in [-0.4, -0.2) is 31.7 Å². The van der Waals surface area contributed by atoms with Crippen LogP contribution in [0, 0.1) is 5.92 Å². The lowest BCUT2D eigenvalue weighted by atomic mass is 10.0. The lowest BCUT2D eigenvalue weighted by Crippen LogP contribution is -2.20. The Morgan fingerprint density at radius 3 is 2.60 bits per heavy atom. The lowest BCUT2D eigenvalue weighted by molar-refractivity contribution is -0.116. The van der Waals surface area contributed by atoms with Crippen molar-refractivity contribution in [1.29, 1.82) is 0 Å². The summed E-state index contributed by atoms with van der Waals surface area (Å²) in [6.45, 7) is 0. The van der Waals surface area contributed by atoms with E-state index in [0.29, 0.717) is 12.1 Å². The number of carbonyl (C=O) groups excluding carboxylic acids is 2. The van der Waals surface area contributed by atoms with Gasteiger partial charge in [-0.2, -0.15) is 0 Å². The minimum atomic E-state index is -2.99. The molecule has 1 aromatic carbocycles. The summed E-state index contributed by atoms with van der Waals surface area (Å²) in [5.74, 6) is -0.883. The van der Waals surface area contributed by atoms with Crippen LogP contribution in [0.2, 0.25) is 0 Å². The Balaban J connectivity index is 2.01. The number of carbonyl (C=O) groups is 2. The molecular weight excluding hydrogens is 280 g/mol. The average molecular weight is 296 g/mol. The fourth-order valence-corrected chi connectivity index (χ4v) is 4.17. The fourth-order valence-electron chi connectivity index (χ4n) is 2.30. The van der Waals surface area contributed by atoms with Crippen molar-refractivity contribution in [3.05, 3.63) is 29.8 Å². The van der Waals surface area contributed by atoms with Gasteiger partial charge >= 0.3 is 0 Å². The number of nitrogens with one attached hydrogen (secondary N) is 1. The summed E-state index contributed by atoms with van der Waals surface area (Å²) in [6, 6.07) is 6.45. The van der Waals surface area contributed by atoms with Gasteiger partial charge in [0, 0.05) is 6.42 Å². The zero-order valence-electron chi connectivity index (χ0n) is 10.8. The van der Waals surface area contributed by atoms with Gasteiger partial charge in [0.25, 0.3) is 5.91 Å². The molecule has 0 spiro atoms. The second kappa shape index (κ2) is 5.62. The molecule has 0 bridgehead atoms. The van der Waals surface area contributed by atoms with Gasteiger partial charge in [0.1, 0.15) is 0 Å². The number of sulfone groups is 1. The Labute approximate surface area is 117 Å². The highest BCUT2D eigenvalue weighted by molar-refractivity contribution is 7.91. The van der Waals surface area contributed by atoms with Crippen LogP contribution in [-0.2, 0) is 14.6 Å². The van der Waals surface area contributed by atoms with E-state index in [9.17, 15) is 18.0 Å². The molecule has 1 aliphatic rings. The standard InChI is InChI=1S/C13H16N2O4S/c14-13(17)10-3-1-2-4-11(10)15-12(16)7-9-5-6-20(18,19)8-9/h1-4,9H,5-8H2,(H2,14,17)(H,15,16)/t9-/m1/s1. The van der Waals surface area contributed by atoms with Crippen molar-refractivity contribution in [3.8, 4) is 0 Å². The summed E-state index contributed by atoms with van der Waals surface area (Å²) in [5.41, 5.74) is 5.81. The quantitative estimate of drug-likeness (QED) is 0.846. The molecule has 2 amide bonds. The van der Waals surface area contributed by atoms with Gasteiger partial charge in [-0.3, -0.25) is 9.59 Å². The predicted octanol–water partition coefficient (Wildman–Crippen LogP) is 0.549. The molecule has 0 saturated carbocycles. The highest BCUT2D eigenvalue weighted by Crippen LogP contribution is 2.22. The summed E-state index contributed by atoms with van der Waals surface area (Å²) in [7, 11) is -2.99. The van der Waals surface area contributed by atoms with E-state index in [0.717, 1.165) is 0 Å². The zero-order valence-corrected chi connectivity index (χ0v) is 11.7. The predicted molar refractivity (Wildman–Crippen MR) is 75.0 cm³/mol. The summed E-state index contributed by atoms with van der Waals surface area (Å²) in [4.78, 5) is 23.1. The van der Waals surface area contributed by atoms with Crippen LogP contribution in [0.5, 0.6) is 0 Å². The monoisotopic (exact) mass is 296 g/mol. The first-order valence-electron chi connectivity index (χ1n) is 6.26. The molecule has 0 unspecified atom stereocenters. The molecule has 1 aliphatic heterocycles. The molecule has 6 nitrogen and oxygen atoms in total. The van der Waals surface area contributed by atoms with Crippen LogP contribution in [0.15, 0.2) is 24.3 Å². The van der Waals surface area contributed by atoms with Crippen LogP contribution < -0.4 is 11.1 Å². The minimum absolute atomic E-state index is 0.0535. The molecule has 7 heteroatoms. The van der Waals surface area contributed by atoms with E-state index in [4.69, 9.17) is 5.73 Å². The number of anilines is 1. The van der Waals surface area contributed by atoms with Crippen molar-refractivity contribution in [1.82, 2.24) is 0 Å². The molecule has 1 aromatic rings. The van der Waals surface area contributed by atoms with E-state index < -0.39 is 15.7 Å². The lowest BCUT2D eigenvalue weighted by Gasteiger charge is -2.11. The molecule has 1 saturated heterocycles. The van der Waals surface area contributed by atoms with E-state index in [2.05, 4.69) is 5.32 Å². The molecule has 20 heavy (non-hydrogen) atoms. The number of benzene rings is 1. The summed E-state index contributed by atoms with van der Waals surface area (Å²) in [6.07, 6.45) is 0.638. The smallest absolute Gasteiger partial charge is 0.250 e. The maximum atomic E-state index is 11.9. The van der Waals surface area contributed by atoms with Gasteiger partial charge in [-0.15, -0.1) is 0 Å². The molecule has 1 fully saturated rings. The van der Waals surface area contributed by atoms with E-state index in [1.165, 1.54) is 6.07 Å². The molecule has 3 N–H and O–H groups in total. The number of primary amides is 1. The summed E-state index contributed by atoms with van der Waals surface area (Å²) >= 11 is 0. The van der Waals surface area contributed by atoms with Crippen molar-refractivity contribution in [2.75, 3.05) is 16.8 Å². The van der Waals surface area contributed by atoms with Crippen molar-refractivity contribution in [2.45, 2.75) is 12.8 Å². The van der Waals surface area contributed by atoms with Crippen molar-refractivity contribution < 1.29 is 18.0 Å². The van der Waals surface area contributed by atoms with Crippen molar-refractivity contribution in [2.24, 2.45) is 11.7 Å². The van der Waals surface area contributed by atoms with E-state index in [1.54, 1.807) is 18.2 Å². The fraction of sp³-hybridized carbons (Fsp3) is 0.385. The number of hydrogen-bond donors (Lipinski definition) is 2. The maximum Gasteiger partial charge on any atom is 0.250 e. The largest absolute Gasteiger partial charge is 0.366 e. The highest BCUT2D eigenvalue weighted by atomic mass is 32.2. The Hall–Kier alpha value is -1.89. The Morgan fingerprint density at radius 1 is 1.30 bits per heavy atom. The molecule has 1 heterocycles. The van der Waals surface area contributed by atoms with Gasteiger partial charge in [-0.25, -0.2) is 8.42 Å². The Kier molecular flexibility index (Phi) is 4.08. The van der Waals surface area contributed by atoms with Crippen LogP contribution in [0.3, 0.4) is 0 Å². The van der Waals surface area contributed by atoms with Crippen molar-refractivity contribution >= 4 is 27.3 Å². The molecule has 108 valence electrons. The normalized spacial score (nSPS) is 20.5. The number of rotatable bonds is 4. The van der Waals surface area contributed by atoms with Gasteiger partial charge in [0.2, 0.25) is 5.91 Å². The second-order valence-corrected chi connectivity index (χ2v) is 7.16. The van der Waals surface area contributed by atoms with E-state index in [1.807, 2.05) is 0 Å². The zero-order chi connectivity index (χ0) is 14.8. The Bertz CT molecular complexity index is 640. The molecule has 0 aliphatic carbocycles. The van der Waals surface area contributed by atoms with Gasteiger partial charge in [-0.1, -0.05) is 12.1 Å². The molecule has 0 aromatic heterocycles. The van der Waals surface area contributed by atoms with E-state index in [-0.39, 0.29) is 35.3 Å². The van der Waals surface area contributed by atoms with Gasteiger partial charge in [0.05, 0.1) is 22.8 Å². The summed E-state index contributed by atoms with van der Waals surface area (Å²) in [5, 5.41) is 2.61. The van der Waals surface area contributed by atoms with Gasteiger partial charge in [0.15, 0.2) is 9.84 Å². The number of amides is 2. The third-order valence-electron chi connectivity index (χ3n) is 3.27. The summed E-state index contributed by atoms with van der Waals surface area (Å²) < 4.78 is 22.7. The minimum Gasteiger partial charge on any atom is -0.366 e. The van der Waals surface area contributed by atoms with Gasteiger partial charge < -0.3 is 11.1 Å². The maximum absolute atomic E-state index is 11.9.